The van der Waals surface area contributed by atoms with Crippen molar-refractivity contribution >= 4 is 0 Å². The number of hydrogen-bond acceptors (Lipinski definition) is 2. The Morgan fingerprint density at radius 1 is 1.07 bits per heavy atom. The molecule has 0 radical (unpaired) electrons. The van der Waals surface area contributed by atoms with Gasteiger partial charge in [0.2, 0.25) is 5.82 Å². The molecule has 1 aromatic rings. The van der Waals surface area contributed by atoms with Crippen molar-refractivity contribution < 1.29 is 22.3 Å². The second kappa shape index (κ2) is 4.28. The molecule has 0 saturated carbocycles. The van der Waals surface area contributed by atoms with Crippen molar-refractivity contribution in [1.29, 1.82) is 0 Å². The van der Waals surface area contributed by atoms with Crippen molar-refractivity contribution in [2.24, 2.45) is 5.73 Å². The monoisotopic (exact) mass is 209 g/mol. The van der Waals surface area contributed by atoms with Gasteiger partial charge in [-0.1, -0.05) is 0 Å². The Bertz CT molecular complexity index is 343. The van der Waals surface area contributed by atoms with Crippen LogP contribution in [0.3, 0.4) is 0 Å². The highest BCUT2D eigenvalue weighted by Gasteiger charge is 2.19. The Labute approximate surface area is 77.3 Å². The number of halogens is 4. The lowest BCUT2D eigenvalue weighted by Gasteiger charge is -2.07. The first-order chi connectivity index (χ1) is 6.57. The van der Waals surface area contributed by atoms with E-state index in [1.807, 2.05) is 0 Å². The molecule has 0 atom stereocenters. The molecule has 0 bridgehead atoms. The zero-order chi connectivity index (χ0) is 10.7. The summed E-state index contributed by atoms with van der Waals surface area (Å²) in [5.41, 5.74) is 5.01. The fourth-order valence-corrected chi connectivity index (χ4v) is 0.843. The Kier molecular flexibility index (Phi) is 3.29. The summed E-state index contributed by atoms with van der Waals surface area (Å²) in [5, 5.41) is 0. The molecule has 2 nitrogen and oxygen atoms in total. The Balaban J connectivity index is 3.09. The average molecular weight is 209 g/mol. The van der Waals surface area contributed by atoms with Crippen molar-refractivity contribution in [3.8, 4) is 5.75 Å². The molecule has 2 N–H and O–H groups in total. The summed E-state index contributed by atoms with van der Waals surface area (Å²) in [7, 11) is 0. The Morgan fingerprint density at radius 2 is 1.71 bits per heavy atom. The molecule has 0 fully saturated rings. The van der Waals surface area contributed by atoms with Gasteiger partial charge in [0, 0.05) is 12.6 Å². The minimum absolute atomic E-state index is 0.0118. The molecule has 0 amide bonds. The van der Waals surface area contributed by atoms with Gasteiger partial charge < -0.3 is 10.5 Å². The molecular formula is C8H7F4NO. The molecule has 6 heteroatoms. The summed E-state index contributed by atoms with van der Waals surface area (Å²) in [6, 6.07) is 0.213. The van der Waals surface area contributed by atoms with E-state index >= 15 is 0 Å². The zero-order valence-corrected chi connectivity index (χ0v) is 6.99. The maximum Gasteiger partial charge on any atom is 0.206 e. The van der Waals surface area contributed by atoms with E-state index in [1.165, 1.54) is 0 Å². The van der Waals surface area contributed by atoms with Crippen molar-refractivity contribution in [3.05, 3.63) is 29.3 Å². The molecule has 0 aliphatic heterocycles. The number of nitrogens with two attached hydrogens (primary N) is 1. The highest BCUT2D eigenvalue weighted by molar-refractivity contribution is 5.28. The van der Waals surface area contributed by atoms with Gasteiger partial charge in [-0.05, 0) is 0 Å². The quantitative estimate of drug-likeness (QED) is 0.466. The van der Waals surface area contributed by atoms with Gasteiger partial charge in [-0.3, -0.25) is 0 Å². The van der Waals surface area contributed by atoms with Gasteiger partial charge >= 0.3 is 0 Å². The standard InChI is InChI=1S/C8H7F4NO/c9-4-3-5(10)8(14-2-1-13)7(12)6(4)11/h3H,1-2,13H2. The van der Waals surface area contributed by atoms with E-state index < -0.39 is 29.0 Å². The molecule has 0 heterocycles. The lowest BCUT2D eigenvalue weighted by Crippen LogP contribution is -2.13. The summed E-state index contributed by atoms with van der Waals surface area (Å²) in [5.74, 6) is -7.29. The fourth-order valence-electron chi connectivity index (χ4n) is 0.843. The van der Waals surface area contributed by atoms with Crippen LogP contribution in [-0.4, -0.2) is 13.2 Å². The predicted molar refractivity (Wildman–Crippen MR) is 40.8 cm³/mol. The summed E-state index contributed by atoms with van der Waals surface area (Å²) in [6.45, 7) is -0.170. The first-order valence-corrected chi connectivity index (χ1v) is 3.73. The number of ether oxygens (including phenoxy) is 1. The highest BCUT2D eigenvalue weighted by Crippen LogP contribution is 2.25. The molecule has 14 heavy (non-hydrogen) atoms. The van der Waals surface area contributed by atoms with E-state index in [0.29, 0.717) is 0 Å². The third-order valence-electron chi connectivity index (χ3n) is 1.44. The van der Waals surface area contributed by atoms with E-state index in [1.54, 1.807) is 0 Å². The summed E-state index contributed by atoms with van der Waals surface area (Å²) in [6.07, 6.45) is 0. The average Bonchev–Trinajstić information content (AvgIpc) is 2.14. The van der Waals surface area contributed by atoms with Crippen molar-refractivity contribution in [2.45, 2.75) is 0 Å². The van der Waals surface area contributed by atoms with Crippen LogP contribution in [0.25, 0.3) is 0 Å². The number of benzene rings is 1. The topological polar surface area (TPSA) is 35.2 Å². The molecule has 1 rings (SSSR count). The maximum atomic E-state index is 12.8. The molecule has 1 aromatic carbocycles. The van der Waals surface area contributed by atoms with Gasteiger partial charge in [0.25, 0.3) is 0 Å². The van der Waals surface area contributed by atoms with Crippen LogP contribution in [0, 0.1) is 23.3 Å². The van der Waals surface area contributed by atoms with Crippen LogP contribution in [0.2, 0.25) is 0 Å². The normalized spacial score (nSPS) is 10.4. The van der Waals surface area contributed by atoms with Gasteiger partial charge in [-0.2, -0.15) is 4.39 Å². The molecule has 0 aromatic heterocycles. The maximum absolute atomic E-state index is 12.8. The second-order valence-electron chi connectivity index (χ2n) is 2.43. The lowest BCUT2D eigenvalue weighted by molar-refractivity contribution is 0.282. The van der Waals surface area contributed by atoms with Gasteiger partial charge in [0.15, 0.2) is 23.2 Å². The molecule has 78 valence electrons. The largest absolute Gasteiger partial charge is 0.486 e. The Hall–Kier alpha value is -1.30. The number of rotatable bonds is 3. The van der Waals surface area contributed by atoms with Gasteiger partial charge in [-0.25, -0.2) is 13.2 Å². The van der Waals surface area contributed by atoms with E-state index in [-0.39, 0.29) is 19.2 Å². The van der Waals surface area contributed by atoms with Gasteiger partial charge in [0.1, 0.15) is 6.61 Å². The first-order valence-electron chi connectivity index (χ1n) is 3.73. The van der Waals surface area contributed by atoms with Crippen LogP contribution in [0.5, 0.6) is 5.75 Å². The first kappa shape index (κ1) is 10.8. The molecular weight excluding hydrogens is 202 g/mol. The molecule has 0 aliphatic carbocycles. The summed E-state index contributed by atoms with van der Waals surface area (Å²) in [4.78, 5) is 0. The van der Waals surface area contributed by atoms with Crippen molar-refractivity contribution in [2.75, 3.05) is 13.2 Å². The SMILES string of the molecule is NCCOc1c(F)cc(F)c(F)c1F. The van der Waals surface area contributed by atoms with Crippen LogP contribution < -0.4 is 10.5 Å². The summed E-state index contributed by atoms with van der Waals surface area (Å²) >= 11 is 0. The lowest BCUT2D eigenvalue weighted by atomic mass is 10.3. The van der Waals surface area contributed by atoms with Crippen LogP contribution in [0.4, 0.5) is 17.6 Å². The van der Waals surface area contributed by atoms with E-state index in [2.05, 4.69) is 4.74 Å². The van der Waals surface area contributed by atoms with E-state index in [0.717, 1.165) is 0 Å². The van der Waals surface area contributed by atoms with Crippen LogP contribution >= 0.6 is 0 Å². The van der Waals surface area contributed by atoms with E-state index in [9.17, 15) is 17.6 Å². The second-order valence-corrected chi connectivity index (χ2v) is 2.43. The highest BCUT2D eigenvalue weighted by atomic mass is 19.2. The minimum Gasteiger partial charge on any atom is -0.486 e. The minimum atomic E-state index is -1.77. The van der Waals surface area contributed by atoms with Crippen molar-refractivity contribution in [3.63, 3.8) is 0 Å². The third-order valence-corrected chi connectivity index (χ3v) is 1.44. The van der Waals surface area contributed by atoms with Gasteiger partial charge in [-0.15, -0.1) is 0 Å². The van der Waals surface area contributed by atoms with E-state index in [4.69, 9.17) is 5.73 Å². The van der Waals surface area contributed by atoms with Crippen LogP contribution in [0.1, 0.15) is 0 Å². The molecule has 0 saturated heterocycles. The molecule has 0 aliphatic rings. The van der Waals surface area contributed by atoms with Crippen LogP contribution in [0.15, 0.2) is 6.07 Å². The van der Waals surface area contributed by atoms with Crippen molar-refractivity contribution in [1.82, 2.24) is 0 Å². The molecule has 0 unspecified atom stereocenters. The summed E-state index contributed by atoms with van der Waals surface area (Å²) < 4.78 is 55.1. The number of hydrogen-bond donors (Lipinski definition) is 1. The van der Waals surface area contributed by atoms with Gasteiger partial charge in [0.05, 0.1) is 0 Å². The predicted octanol–water partition coefficient (Wildman–Crippen LogP) is 1.58. The smallest absolute Gasteiger partial charge is 0.206 e. The zero-order valence-electron chi connectivity index (χ0n) is 6.99. The van der Waals surface area contributed by atoms with Crippen LogP contribution in [-0.2, 0) is 0 Å². The Morgan fingerprint density at radius 3 is 2.29 bits per heavy atom. The third kappa shape index (κ3) is 1.95. The fraction of sp³-hybridized carbons (Fsp3) is 0.250. The molecule has 0 spiro atoms.